The molecule has 0 aromatic carbocycles. The zero-order chi connectivity index (χ0) is 9.78. The summed E-state index contributed by atoms with van der Waals surface area (Å²) in [5, 5.41) is 26.9. The fourth-order valence-corrected chi connectivity index (χ4v) is 1.08. The van der Waals surface area contributed by atoms with Gasteiger partial charge < -0.3 is 15.3 Å². The number of hydrogen-bond acceptors (Lipinski definition) is 3. The van der Waals surface area contributed by atoms with Gasteiger partial charge in [-0.1, -0.05) is 20.3 Å². The SMILES string of the molecule is CCCC(O)(O)CC(C)C(=O)O. The smallest absolute Gasteiger partial charge is 0.306 e. The molecule has 0 heterocycles. The molecule has 1 unspecified atom stereocenters. The molecule has 0 fully saturated rings. The second-order valence-corrected chi connectivity index (χ2v) is 3.18. The number of rotatable bonds is 5. The molecular weight excluding hydrogens is 160 g/mol. The van der Waals surface area contributed by atoms with Gasteiger partial charge in [0, 0.05) is 12.8 Å². The first-order chi connectivity index (χ1) is 5.39. The van der Waals surface area contributed by atoms with E-state index in [2.05, 4.69) is 0 Å². The monoisotopic (exact) mass is 176 g/mol. The first-order valence-electron chi connectivity index (χ1n) is 4.06. The number of aliphatic carboxylic acids is 1. The van der Waals surface area contributed by atoms with E-state index in [9.17, 15) is 15.0 Å². The third-order valence-corrected chi connectivity index (χ3v) is 1.71. The van der Waals surface area contributed by atoms with E-state index in [1.807, 2.05) is 6.92 Å². The zero-order valence-electron chi connectivity index (χ0n) is 7.45. The number of carboxylic acids is 1. The Morgan fingerprint density at radius 3 is 2.33 bits per heavy atom. The fourth-order valence-electron chi connectivity index (χ4n) is 1.08. The largest absolute Gasteiger partial charge is 0.481 e. The molecule has 0 spiro atoms. The highest BCUT2D eigenvalue weighted by molar-refractivity contribution is 5.69. The van der Waals surface area contributed by atoms with Crippen LogP contribution >= 0.6 is 0 Å². The summed E-state index contributed by atoms with van der Waals surface area (Å²) in [4.78, 5) is 10.4. The molecule has 12 heavy (non-hydrogen) atoms. The van der Waals surface area contributed by atoms with Gasteiger partial charge in [0.2, 0.25) is 0 Å². The lowest BCUT2D eigenvalue weighted by atomic mass is 9.98. The predicted octanol–water partition coefficient (Wildman–Crippen LogP) is 0.578. The van der Waals surface area contributed by atoms with Crippen LogP contribution in [0.2, 0.25) is 0 Å². The molecule has 72 valence electrons. The van der Waals surface area contributed by atoms with E-state index in [1.165, 1.54) is 6.92 Å². The summed E-state index contributed by atoms with van der Waals surface area (Å²) in [6.07, 6.45) is 0.722. The molecule has 1 atom stereocenters. The van der Waals surface area contributed by atoms with E-state index >= 15 is 0 Å². The van der Waals surface area contributed by atoms with Gasteiger partial charge in [0.05, 0.1) is 5.92 Å². The standard InChI is InChI=1S/C8H16O4/c1-3-4-8(11,12)5-6(2)7(9)10/h6,11-12H,3-5H2,1-2H3,(H,9,10). The lowest BCUT2D eigenvalue weighted by Gasteiger charge is -2.22. The molecule has 0 aliphatic heterocycles. The highest BCUT2D eigenvalue weighted by Gasteiger charge is 2.27. The van der Waals surface area contributed by atoms with Crippen LogP contribution in [0.25, 0.3) is 0 Å². The second-order valence-electron chi connectivity index (χ2n) is 3.18. The summed E-state index contributed by atoms with van der Waals surface area (Å²) in [5.74, 6) is -3.54. The van der Waals surface area contributed by atoms with E-state index in [1.54, 1.807) is 0 Å². The summed E-state index contributed by atoms with van der Waals surface area (Å²) in [7, 11) is 0. The highest BCUT2D eigenvalue weighted by atomic mass is 16.5. The molecule has 4 heteroatoms. The topological polar surface area (TPSA) is 77.8 Å². The summed E-state index contributed by atoms with van der Waals surface area (Å²) >= 11 is 0. The van der Waals surface area contributed by atoms with Gasteiger partial charge in [0.1, 0.15) is 0 Å². The van der Waals surface area contributed by atoms with Crippen LogP contribution in [0.5, 0.6) is 0 Å². The average molecular weight is 176 g/mol. The van der Waals surface area contributed by atoms with Crippen molar-refractivity contribution in [3.8, 4) is 0 Å². The van der Waals surface area contributed by atoms with Crippen molar-refractivity contribution in [2.45, 2.75) is 38.9 Å². The van der Waals surface area contributed by atoms with E-state index in [4.69, 9.17) is 5.11 Å². The Morgan fingerprint density at radius 2 is 2.00 bits per heavy atom. The van der Waals surface area contributed by atoms with Crippen molar-refractivity contribution in [1.29, 1.82) is 0 Å². The molecule has 0 aliphatic rings. The van der Waals surface area contributed by atoms with Gasteiger partial charge in [-0.15, -0.1) is 0 Å². The summed E-state index contributed by atoms with van der Waals surface area (Å²) in [5.41, 5.74) is 0. The molecule has 0 saturated heterocycles. The van der Waals surface area contributed by atoms with Crippen LogP contribution in [0.3, 0.4) is 0 Å². The van der Waals surface area contributed by atoms with Gasteiger partial charge in [-0.3, -0.25) is 4.79 Å². The maximum absolute atomic E-state index is 10.4. The Kier molecular flexibility index (Phi) is 4.20. The quantitative estimate of drug-likeness (QED) is 0.535. The predicted molar refractivity (Wildman–Crippen MR) is 43.5 cm³/mol. The maximum Gasteiger partial charge on any atom is 0.306 e. The number of hydrogen-bond donors (Lipinski definition) is 3. The first kappa shape index (κ1) is 11.4. The molecule has 4 nitrogen and oxygen atoms in total. The lowest BCUT2D eigenvalue weighted by molar-refractivity contribution is -0.183. The Bertz CT molecular complexity index is 153. The van der Waals surface area contributed by atoms with Crippen molar-refractivity contribution in [3.05, 3.63) is 0 Å². The molecule has 0 amide bonds. The van der Waals surface area contributed by atoms with Crippen molar-refractivity contribution in [1.82, 2.24) is 0 Å². The summed E-state index contributed by atoms with van der Waals surface area (Å²) < 4.78 is 0. The summed E-state index contributed by atoms with van der Waals surface area (Å²) in [6.45, 7) is 3.27. The van der Waals surface area contributed by atoms with Gasteiger partial charge >= 0.3 is 5.97 Å². The van der Waals surface area contributed by atoms with Gasteiger partial charge in [0.15, 0.2) is 5.79 Å². The van der Waals surface area contributed by atoms with E-state index in [-0.39, 0.29) is 12.8 Å². The Labute approximate surface area is 71.8 Å². The minimum absolute atomic E-state index is 0.115. The molecule has 0 bridgehead atoms. The number of carbonyl (C=O) groups is 1. The molecule has 0 rings (SSSR count). The van der Waals surface area contributed by atoms with Gasteiger partial charge in [-0.25, -0.2) is 0 Å². The van der Waals surface area contributed by atoms with Crippen LogP contribution < -0.4 is 0 Å². The van der Waals surface area contributed by atoms with E-state index in [0.717, 1.165) is 0 Å². The molecule has 0 radical (unpaired) electrons. The minimum atomic E-state index is -1.83. The lowest BCUT2D eigenvalue weighted by Crippen LogP contribution is -2.32. The average Bonchev–Trinajstić information content (AvgIpc) is 1.85. The number of aliphatic hydroxyl groups is 2. The Hall–Kier alpha value is -0.610. The molecule has 0 aliphatic carbocycles. The van der Waals surface area contributed by atoms with Crippen molar-refractivity contribution in [2.75, 3.05) is 0 Å². The third kappa shape index (κ3) is 4.31. The fraction of sp³-hybridized carbons (Fsp3) is 0.875. The van der Waals surface area contributed by atoms with Crippen LogP contribution in [0.4, 0.5) is 0 Å². The molecule has 0 aromatic heterocycles. The van der Waals surface area contributed by atoms with Crippen molar-refractivity contribution in [3.63, 3.8) is 0 Å². The number of carboxylic acid groups (broad SMARTS) is 1. The Morgan fingerprint density at radius 1 is 1.50 bits per heavy atom. The van der Waals surface area contributed by atoms with E-state index < -0.39 is 17.7 Å². The zero-order valence-corrected chi connectivity index (χ0v) is 7.45. The Balaban J connectivity index is 3.95. The van der Waals surface area contributed by atoms with Crippen molar-refractivity contribution in [2.24, 2.45) is 5.92 Å². The van der Waals surface area contributed by atoms with Gasteiger partial charge in [-0.05, 0) is 0 Å². The highest BCUT2D eigenvalue weighted by Crippen LogP contribution is 2.19. The third-order valence-electron chi connectivity index (χ3n) is 1.71. The van der Waals surface area contributed by atoms with Crippen LogP contribution in [0, 0.1) is 5.92 Å². The van der Waals surface area contributed by atoms with Gasteiger partial charge in [0.25, 0.3) is 0 Å². The van der Waals surface area contributed by atoms with Gasteiger partial charge in [-0.2, -0.15) is 0 Å². The van der Waals surface area contributed by atoms with Crippen LogP contribution in [0.1, 0.15) is 33.1 Å². The van der Waals surface area contributed by atoms with Crippen LogP contribution in [-0.4, -0.2) is 27.1 Å². The normalized spacial score (nSPS) is 14.3. The van der Waals surface area contributed by atoms with Crippen LogP contribution in [0.15, 0.2) is 0 Å². The summed E-state index contributed by atoms with van der Waals surface area (Å²) in [6, 6.07) is 0. The molecular formula is C8H16O4. The van der Waals surface area contributed by atoms with E-state index in [0.29, 0.717) is 6.42 Å². The maximum atomic E-state index is 10.4. The molecule has 0 aromatic rings. The first-order valence-corrected chi connectivity index (χ1v) is 4.06. The second kappa shape index (κ2) is 4.42. The minimum Gasteiger partial charge on any atom is -0.481 e. The van der Waals surface area contributed by atoms with Crippen molar-refractivity contribution < 1.29 is 20.1 Å². The molecule has 0 saturated carbocycles. The van der Waals surface area contributed by atoms with Crippen LogP contribution in [-0.2, 0) is 4.79 Å². The molecule has 3 N–H and O–H groups in total. The van der Waals surface area contributed by atoms with Crippen molar-refractivity contribution >= 4 is 5.97 Å².